The fourth-order valence-electron chi connectivity index (χ4n) is 4.72. The molecular formula is C30H41N6O6P. The standard InChI is InChI=1S/C30H41N6O6P/c1-6-8-11-22(18-40-43(38,42-23-14-16-32-17-15-23)35-21(5)30(37)41-20(3)4)36-26(19-39-7-2)34-27-28(36)24-12-9-10-13-25(24)33-29(27)31/h9-10,12-17,20-22H,6-8,11,18-19H2,1-5H3,(H2,31,33)(H,35,38)/t21-,22-,43?/m0/s1. The SMILES string of the molecule is CCCC[C@@H](COP(=O)(N[C@@H](C)C(=O)OC(C)C)Oc1ccncc1)n1c(COCC)nc2c(N)nc3ccccc3c21. The van der Waals surface area contributed by atoms with Crippen molar-refractivity contribution in [2.45, 2.75) is 78.7 Å². The lowest BCUT2D eigenvalue weighted by Crippen LogP contribution is -2.36. The molecule has 0 fully saturated rings. The van der Waals surface area contributed by atoms with Crippen LogP contribution in [0.5, 0.6) is 5.75 Å². The number of nitrogens with one attached hydrogen (secondary N) is 1. The molecule has 3 N–H and O–H groups in total. The van der Waals surface area contributed by atoms with Gasteiger partial charge in [0, 0.05) is 24.4 Å². The first kappa shape index (κ1) is 32.3. The highest BCUT2D eigenvalue weighted by Gasteiger charge is 2.34. The Morgan fingerprint density at radius 3 is 2.53 bits per heavy atom. The molecule has 0 bridgehead atoms. The quantitative estimate of drug-likeness (QED) is 0.114. The molecule has 0 radical (unpaired) electrons. The summed E-state index contributed by atoms with van der Waals surface area (Å²) in [6, 6.07) is 9.55. The Bertz CT molecular complexity index is 1560. The van der Waals surface area contributed by atoms with Crippen LogP contribution in [0.15, 0.2) is 48.8 Å². The number of anilines is 1. The van der Waals surface area contributed by atoms with E-state index in [0.29, 0.717) is 30.2 Å². The molecule has 4 rings (SSSR count). The third-order valence-corrected chi connectivity index (χ3v) is 8.33. The lowest BCUT2D eigenvalue weighted by atomic mass is 10.1. The van der Waals surface area contributed by atoms with Crippen LogP contribution in [0.2, 0.25) is 0 Å². The number of imidazole rings is 1. The molecule has 1 aromatic carbocycles. The average Bonchev–Trinajstić information content (AvgIpc) is 3.36. The molecular weight excluding hydrogens is 571 g/mol. The van der Waals surface area contributed by atoms with Gasteiger partial charge in [-0.2, -0.15) is 5.09 Å². The minimum atomic E-state index is -4.12. The first-order valence-electron chi connectivity index (χ1n) is 14.6. The minimum absolute atomic E-state index is 0.0253. The van der Waals surface area contributed by atoms with Crippen molar-refractivity contribution in [2.24, 2.45) is 0 Å². The number of esters is 1. The van der Waals surface area contributed by atoms with Crippen LogP contribution in [-0.4, -0.2) is 50.8 Å². The fourth-order valence-corrected chi connectivity index (χ4v) is 6.25. The van der Waals surface area contributed by atoms with E-state index in [9.17, 15) is 9.36 Å². The second-order valence-corrected chi connectivity index (χ2v) is 12.1. The molecule has 13 heteroatoms. The molecule has 0 aliphatic carbocycles. The molecule has 3 heterocycles. The number of para-hydroxylation sites is 1. The predicted octanol–water partition coefficient (Wildman–Crippen LogP) is 5.96. The summed E-state index contributed by atoms with van der Waals surface area (Å²) < 4.78 is 39.4. The summed E-state index contributed by atoms with van der Waals surface area (Å²) in [6.45, 7) is 9.77. The van der Waals surface area contributed by atoms with Crippen LogP contribution in [0.3, 0.4) is 0 Å². The summed E-state index contributed by atoms with van der Waals surface area (Å²) >= 11 is 0. The maximum atomic E-state index is 14.3. The highest BCUT2D eigenvalue weighted by atomic mass is 31.2. The number of unbranched alkanes of at least 4 members (excludes halogenated alkanes) is 1. The molecule has 0 amide bonds. The smallest absolute Gasteiger partial charge is 0.459 e. The number of hydrogen-bond donors (Lipinski definition) is 2. The van der Waals surface area contributed by atoms with Crippen molar-refractivity contribution < 1.29 is 27.9 Å². The van der Waals surface area contributed by atoms with Gasteiger partial charge in [-0.1, -0.05) is 38.0 Å². The Labute approximate surface area is 251 Å². The van der Waals surface area contributed by atoms with Gasteiger partial charge in [-0.05, 0) is 52.3 Å². The van der Waals surface area contributed by atoms with Crippen LogP contribution in [0.1, 0.15) is 65.7 Å². The van der Waals surface area contributed by atoms with E-state index >= 15 is 0 Å². The van der Waals surface area contributed by atoms with Gasteiger partial charge >= 0.3 is 13.7 Å². The van der Waals surface area contributed by atoms with E-state index in [0.717, 1.165) is 29.3 Å². The molecule has 1 unspecified atom stereocenters. The molecule has 4 aromatic rings. The number of carbonyl (C=O) groups excluding carboxylic acids is 1. The van der Waals surface area contributed by atoms with Gasteiger partial charge in [0.2, 0.25) is 0 Å². The lowest BCUT2D eigenvalue weighted by Gasteiger charge is -2.27. The number of nitrogen functional groups attached to an aromatic ring is 1. The van der Waals surface area contributed by atoms with Crippen molar-refractivity contribution in [1.29, 1.82) is 0 Å². The predicted molar refractivity (Wildman–Crippen MR) is 166 cm³/mol. The van der Waals surface area contributed by atoms with Crippen molar-refractivity contribution in [3.05, 3.63) is 54.6 Å². The lowest BCUT2D eigenvalue weighted by molar-refractivity contribution is -0.149. The van der Waals surface area contributed by atoms with Crippen LogP contribution in [-0.2, 0) is 30.0 Å². The second-order valence-electron chi connectivity index (χ2n) is 10.4. The number of pyridine rings is 2. The highest BCUT2D eigenvalue weighted by Crippen LogP contribution is 2.46. The second kappa shape index (κ2) is 14.7. The summed E-state index contributed by atoms with van der Waals surface area (Å²) in [5, 5.41) is 3.64. The molecule has 0 saturated carbocycles. The number of aromatic nitrogens is 4. The summed E-state index contributed by atoms with van der Waals surface area (Å²) in [5.41, 5.74) is 8.50. The van der Waals surface area contributed by atoms with E-state index in [4.69, 9.17) is 29.2 Å². The summed E-state index contributed by atoms with van der Waals surface area (Å²) in [4.78, 5) is 26.0. The Morgan fingerprint density at radius 1 is 1.09 bits per heavy atom. The van der Waals surface area contributed by atoms with Gasteiger partial charge in [-0.3, -0.25) is 14.3 Å². The first-order valence-corrected chi connectivity index (χ1v) is 16.1. The van der Waals surface area contributed by atoms with Crippen molar-refractivity contribution in [3.8, 4) is 5.75 Å². The molecule has 3 atom stereocenters. The summed E-state index contributed by atoms with van der Waals surface area (Å²) in [5.74, 6) is 0.661. The molecule has 0 aliphatic rings. The van der Waals surface area contributed by atoms with Crippen LogP contribution < -0.4 is 15.3 Å². The maximum Gasteiger partial charge on any atom is 0.459 e. The van der Waals surface area contributed by atoms with E-state index in [1.807, 2.05) is 31.2 Å². The van der Waals surface area contributed by atoms with E-state index in [1.54, 1.807) is 32.9 Å². The molecule has 0 aliphatic heterocycles. The zero-order valence-corrected chi connectivity index (χ0v) is 26.3. The van der Waals surface area contributed by atoms with Gasteiger partial charge < -0.3 is 24.3 Å². The van der Waals surface area contributed by atoms with Crippen LogP contribution in [0, 0.1) is 0 Å². The van der Waals surface area contributed by atoms with Crippen molar-refractivity contribution in [3.63, 3.8) is 0 Å². The summed E-state index contributed by atoms with van der Waals surface area (Å²) in [7, 11) is -4.12. The third-order valence-electron chi connectivity index (χ3n) is 6.69. The van der Waals surface area contributed by atoms with E-state index in [1.165, 1.54) is 12.4 Å². The Hall–Kier alpha value is -3.57. The van der Waals surface area contributed by atoms with E-state index < -0.39 is 19.8 Å². The maximum absolute atomic E-state index is 14.3. The number of benzene rings is 1. The normalized spacial score (nSPS) is 14.6. The van der Waals surface area contributed by atoms with Crippen LogP contribution in [0.25, 0.3) is 21.9 Å². The van der Waals surface area contributed by atoms with Crippen molar-refractivity contribution in [1.82, 2.24) is 24.6 Å². The first-order chi connectivity index (χ1) is 20.7. The van der Waals surface area contributed by atoms with Crippen LogP contribution >= 0.6 is 7.75 Å². The number of rotatable bonds is 16. The van der Waals surface area contributed by atoms with Gasteiger partial charge in [-0.25, -0.2) is 14.5 Å². The molecule has 232 valence electrons. The average molecular weight is 613 g/mol. The Kier molecular flexibility index (Phi) is 11.1. The number of fused-ring (bicyclic) bond motifs is 3. The Balaban J connectivity index is 1.76. The molecule has 0 spiro atoms. The fraction of sp³-hybridized carbons (Fsp3) is 0.467. The van der Waals surface area contributed by atoms with Crippen LogP contribution in [0.4, 0.5) is 5.82 Å². The molecule has 43 heavy (non-hydrogen) atoms. The number of nitrogens with two attached hydrogens (primary N) is 1. The molecule has 3 aromatic heterocycles. The van der Waals surface area contributed by atoms with Gasteiger partial charge in [0.15, 0.2) is 5.82 Å². The largest absolute Gasteiger partial charge is 0.462 e. The molecule has 0 saturated heterocycles. The number of nitrogens with zero attached hydrogens (tertiary/aromatic N) is 4. The topological polar surface area (TPSA) is 153 Å². The third kappa shape index (κ3) is 8.08. The monoisotopic (exact) mass is 612 g/mol. The van der Waals surface area contributed by atoms with E-state index in [-0.39, 0.29) is 31.1 Å². The molecule has 12 nitrogen and oxygen atoms in total. The van der Waals surface area contributed by atoms with Crippen molar-refractivity contribution >= 4 is 41.5 Å². The number of ether oxygens (including phenoxy) is 2. The highest BCUT2D eigenvalue weighted by molar-refractivity contribution is 7.52. The zero-order valence-electron chi connectivity index (χ0n) is 25.4. The number of carbonyl (C=O) groups is 1. The van der Waals surface area contributed by atoms with Gasteiger partial charge in [0.1, 0.15) is 29.7 Å². The van der Waals surface area contributed by atoms with Gasteiger partial charge in [0.05, 0.1) is 29.8 Å². The zero-order chi connectivity index (χ0) is 31.0. The van der Waals surface area contributed by atoms with E-state index in [2.05, 4.69) is 26.5 Å². The summed E-state index contributed by atoms with van der Waals surface area (Å²) in [6.07, 6.45) is 5.16. The Morgan fingerprint density at radius 2 is 1.84 bits per heavy atom. The number of hydrogen-bond acceptors (Lipinski definition) is 10. The van der Waals surface area contributed by atoms with Gasteiger partial charge in [0.25, 0.3) is 0 Å². The van der Waals surface area contributed by atoms with Crippen molar-refractivity contribution in [2.75, 3.05) is 18.9 Å². The van der Waals surface area contributed by atoms with Gasteiger partial charge in [-0.15, -0.1) is 0 Å². The minimum Gasteiger partial charge on any atom is -0.462 e.